The first kappa shape index (κ1) is 18.4. The number of H-pyrrole nitrogens is 1. The Bertz CT molecular complexity index is 1060. The Morgan fingerprint density at radius 3 is 3.00 bits per heavy atom. The number of imidazole rings is 1. The molecule has 142 valence electrons. The zero-order chi connectivity index (χ0) is 19.3. The van der Waals surface area contributed by atoms with E-state index in [1.165, 1.54) is 0 Å². The van der Waals surface area contributed by atoms with Gasteiger partial charge < -0.3 is 9.47 Å². The van der Waals surface area contributed by atoms with Crippen LogP contribution in [0.4, 0.5) is 0 Å². The maximum atomic E-state index is 11.7. The van der Waals surface area contributed by atoms with Crippen molar-refractivity contribution in [3.8, 4) is 17.1 Å². The van der Waals surface area contributed by atoms with Gasteiger partial charge in [-0.2, -0.15) is 0 Å². The van der Waals surface area contributed by atoms with E-state index < -0.39 is 33.2 Å². The first-order valence-corrected chi connectivity index (χ1v) is 11.2. The first-order chi connectivity index (χ1) is 13.6. The summed E-state index contributed by atoms with van der Waals surface area (Å²) in [5.74, 6) is -0.0477. The van der Waals surface area contributed by atoms with Crippen molar-refractivity contribution in [1.29, 1.82) is 0 Å². The van der Waals surface area contributed by atoms with Crippen molar-refractivity contribution < 1.29 is 40.0 Å². The first-order valence-electron chi connectivity index (χ1n) is 8.54. The predicted molar refractivity (Wildman–Crippen MR) is 97.7 cm³/mol. The molecule has 0 spiro atoms. The Morgan fingerprint density at radius 1 is 1.32 bits per heavy atom. The standard InChI is InChI=1S/C18H13BClIN3O4/c19-21-15-2-1-8(5-22-15)9-3-11-12(4-10(9)20)24-18(23-11)28-14-7-27-16-13(25)6-26-17(14)16/h1-5,14,16-17H,6-7H2,(H,23,24)/q-1/t14-,16-,17-/m1/s1. The number of halogens is 2. The quantitative estimate of drug-likeness (QED) is 0.269. The molecule has 0 aliphatic carbocycles. The molecule has 2 aromatic heterocycles. The number of nitrogens with zero attached hydrogens (tertiary/aromatic N) is 2. The number of hydrogen-bond acceptors (Lipinski definition) is 6. The minimum absolute atomic E-state index is 0.0477. The van der Waals surface area contributed by atoms with E-state index in [-0.39, 0.29) is 25.1 Å². The van der Waals surface area contributed by atoms with Crippen LogP contribution in [0.2, 0.25) is 5.02 Å². The molecule has 3 aromatic rings. The van der Waals surface area contributed by atoms with Crippen LogP contribution in [0, 0.1) is 3.70 Å². The number of carbonyl (C=O) groups excluding carboxylic acids is 1. The molecular weight excluding hydrogens is 495 g/mol. The summed E-state index contributed by atoms with van der Waals surface area (Å²) in [5.41, 5.74) is 8.89. The molecule has 1 aromatic carbocycles. The second kappa shape index (κ2) is 7.29. The summed E-state index contributed by atoms with van der Waals surface area (Å²) in [6.45, 7) is 0.346. The minimum atomic E-state index is -0.541. The van der Waals surface area contributed by atoms with Gasteiger partial charge in [0.25, 0.3) is 0 Å². The molecule has 0 unspecified atom stereocenters. The van der Waals surface area contributed by atoms with E-state index in [1.807, 2.05) is 18.2 Å². The molecule has 2 saturated heterocycles. The van der Waals surface area contributed by atoms with Crippen LogP contribution in [0.5, 0.6) is 6.01 Å². The molecule has 0 amide bonds. The average Bonchev–Trinajstić information content (AvgIpc) is 3.38. The van der Waals surface area contributed by atoms with E-state index in [1.54, 1.807) is 12.3 Å². The summed E-state index contributed by atoms with van der Waals surface area (Å²) in [5, 5.41) is 0.577. The number of pyridine rings is 1. The van der Waals surface area contributed by atoms with Crippen molar-refractivity contribution >= 4 is 34.1 Å². The third-order valence-corrected chi connectivity index (χ3v) is 6.39. The van der Waals surface area contributed by atoms with Crippen LogP contribution in [0.25, 0.3) is 22.2 Å². The zero-order valence-corrected chi connectivity index (χ0v) is 17.3. The van der Waals surface area contributed by atoms with Gasteiger partial charge in [0.2, 0.25) is 0 Å². The molecule has 1 N–H and O–H groups in total. The number of nitrogens with one attached hydrogen (secondary N) is 1. The zero-order valence-electron chi connectivity index (χ0n) is 14.4. The predicted octanol–water partition coefficient (Wildman–Crippen LogP) is -1.27. The van der Waals surface area contributed by atoms with Gasteiger partial charge in [-0.3, -0.25) is 4.79 Å². The third-order valence-electron chi connectivity index (χ3n) is 4.80. The van der Waals surface area contributed by atoms with Crippen molar-refractivity contribution in [2.24, 2.45) is 0 Å². The molecule has 4 heterocycles. The summed E-state index contributed by atoms with van der Waals surface area (Å²) in [4.78, 5) is 23.7. The maximum absolute atomic E-state index is 11.7. The Labute approximate surface area is 176 Å². The molecule has 0 saturated carbocycles. The molecule has 10 heteroatoms. The number of aromatic amines is 1. The average molecular weight is 508 g/mol. The van der Waals surface area contributed by atoms with Gasteiger partial charge in [0.05, 0.1) is 0 Å². The van der Waals surface area contributed by atoms with Gasteiger partial charge >= 0.3 is 144 Å². The Kier molecular flexibility index (Phi) is 4.78. The summed E-state index contributed by atoms with van der Waals surface area (Å²) < 4.78 is 17.8. The fourth-order valence-electron chi connectivity index (χ4n) is 3.44. The summed E-state index contributed by atoms with van der Waals surface area (Å²) in [6.07, 6.45) is 0.448. The fraction of sp³-hybridized carbons (Fsp3) is 0.278. The summed E-state index contributed by atoms with van der Waals surface area (Å²) in [6, 6.07) is 7.90. The third kappa shape index (κ3) is 3.20. The summed E-state index contributed by atoms with van der Waals surface area (Å²) >= 11 is 5.93. The molecule has 2 radical (unpaired) electrons. The van der Waals surface area contributed by atoms with Crippen LogP contribution in [-0.4, -0.2) is 58.0 Å². The van der Waals surface area contributed by atoms with Gasteiger partial charge in [-0.05, 0) is 0 Å². The van der Waals surface area contributed by atoms with Crippen molar-refractivity contribution in [1.82, 2.24) is 15.0 Å². The van der Waals surface area contributed by atoms with Crippen LogP contribution in [0.1, 0.15) is 0 Å². The van der Waals surface area contributed by atoms with E-state index in [4.69, 9.17) is 31.5 Å². The molecule has 2 aliphatic rings. The number of ketones is 1. The van der Waals surface area contributed by atoms with Crippen LogP contribution >= 0.6 is 11.6 Å². The number of ether oxygens (including phenoxy) is 3. The van der Waals surface area contributed by atoms with E-state index in [0.29, 0.717) is 16.5 Å². The molecule has 0 bridgehead atoms. The Morgan fingerprint density at radius 2 is 2.21 bits per heavy atom. The molecule has 2 aliphatic heterocycles. The molecule has 3 atom stereocenters. The van der Waals surface area contributed by atoms with E-state index in [0.717, 1.165) is 20.3 Å². The molecule has 7 nitrogen and oxygen atoms in total. The van der Waals surface area contributed by atoms with Crippen molar-refractivity contribution in [3.63, 3.8) is 0 Å². The number of fused-ring (bicyclic) bond motifs is 2. The molecule has 2 fully saturated rings. The van der Waals surface area contributed by atoms with Crippen LogP contribution in [0.15, 0.2) is 30.5 Å². The van der Waals surface area contributed by atoms with Crippen LogP contribution in [0.3, 0.4) is 0 Å². The number of aromatic nitrogens is 3. The van der Waals surface area contributed by atoms with Gasteiger partial charge in [-0.1, -0.05) is 0 Å². The molecule has 28 heavy (non-hydrogen) atoms. The number of rotatable bonds is 4. The van der Waals surface area contributed by atoms with Crippen molar-refractivity contribution in [3.05, 3.63) is 39.2 Å². The van der Waals surface area contributed by atoms with Crippen LogP contribution in [-0.2, 0) is 14.3 Å². The van der Waals surface area contributed by atoms with Gasteiger partial charge in [0, 0.05) is 0 Å². The second-order valence-electron chi connectivity index (χ2n) is 6.52. The normalized spacial score (nSPS) is 24.2. The van der Waals surface area contributed by atoms with Gasteiger partial charge in [0.15, 0.2) is 5.78 Å². The second-order valence-corrected chi connectivity index (χ2v) is 8.66. The Balaban J connectivity index is 1.42. The number of carbonyl (C=O) groups is 1. The van der Waals surface area contributed by atoms with E-state index >= 15 is 0 Å². The monoisotopic (exact) mass is 508 g/mol. The van der Waals surface area contributed by atoms with Crippen molar-refractivity contribution in [2.45, 2.75) is 18.3 Å². The number of hydrogen-bond donors (Lipinski definition) is 1. The molecule has 5 rings (SSSR count). The number of benzene rings is 1. The van der Waals surface area contributed by atoms with Gasteiger partial charge in [0.1, 0.15) is 12.7 Å². The van der Waals surface area contributed by atoms with Gasteiger partial charge in [-0.15, -0.1) is 0 Å². The van der Waals surface area contributed by atoms with E-state index in [2.05, 4.69) is 15.0 Å². The van der Waals surface area contributed by atoms with E-state index in [9.17, 15) is 4.79 Å². The molecular formula is C18H13BClIN3O4-. The summed E-state index contributed by atoms with van der Waals surface area (Å²) in [7, 11) is 0. The van der Waals surface area contributed by atoms with Crippen molar-refractivity contribution in [2.75, 3.05) is 13.2 Å². The topological polar surface area (TPSA) is 86.3 Å². The number of Topliss-reactive ketones (excluding diaryl/α,β-unsaturated/α-hetero) is 1. The Hall–Kier alpha value is -1.69. The van der Waals surface area contributed by atoms with Gasteiger partial charge in [-0.25, -0.2) is 0 Å². The fourth-order valence-corrected chi connectivity index (χ4v) is 4.40. The van der Waals surface area contributed by atoms with Crippen LogP contribution < -0.4 is 25.7 Å². The SMILES string of the molecule is [B][I-]c1ccc(-c2cc3nc(O[C@@H]4CO[C@@H]5C(=O)CO[C@@H]54)[nH]c3cc2Cl)cn1.